The number of ether oxygens (including phenoxy) is 1. The van der Waals surface area contributed by atoms with E-state index >= 15 is 0 Å². The summed E-state index contributed by atoms with van der Waals surface area (Å²) in [6.07, 6.45) is -2.97. The first-order chi connectivity index (χ1) is 6.92. The summed E-state index contributed by atoms with van der Waals surface area (Å²) in [7, 11) is 0. The van der Waals surface area contributed by atoms with E-state index in [4.69, 9.17) is 0 Å². The zero-order chi connectivity index (χ0) is 11.5. The minimum absolute atomic E-state index is 0.118. The summed E-state index contributed by atoms with van der Waals surface area (Å²) in [5.41, 5.74) is 0. The quantitative estimate of drug-likeness (QED) is 0.730. The number of halogens is 3. The van der Waals surface area contributed by atoms with Gasteiger partial charge in [-0.25, -0.2) is 9.97 Å². The lowest BCUT2D eigenvalue weighted by Gasteiger charge is -2.07. The number of hydrogen-bond acceptors (Lipinski definition) is 4. The van der Waals surface area contributed by atoms with Crippen molar-refractivity contribution in [2.45, 2.75) is 19.7 Å². The normalized spacial score (nSPS) is 11.2. The number of rotatable bonds is 3. The highest BCUT2D eigenvalue weighted by Crippen LogP contribution is 2.20. The first-order valence-electron chi connectivity index (χ1n) is 4.03. The zero-order valence-corrected chi connectivity index (χ0v) is 7.71. The van der Waals surface area contributed by atoms with Gasteiger partial charge in [0.15, 0.2) is 17.4 Å². The zero-order valence-electron chi connectivity index (χ0n) is 7.71. The third-order valence-electron chi connectivity index (χ3n) is 1.43. The topological polar surface area (TPSA) is 52.1 Å². The van der Waals surface area contributed by atoms with Gasteiger partial charge in [-0.3, -0.25) is 4.79 Å². The summed E-state index contributed by atoms with van der Waals surface area (Å²) >= 11 is 0. The van der Waals surface area contributed by atoms with Crippen molar-refractivity contribution < 1.29 is 22.7 Å². The van der Waals surface area contributed by atoms with Crippen molar-refractivity contribution in [1.29, 1.82) is 0 Å². The second-order valence-corrected chi connectivity index (χ2v) is 2.57. The van der Waals surface area contributed by atoms with E-state index in [-0.39, 0.29) is 18.0 Å². The number of ketones is 1. The van der Waals surface area contributed by atoms with Gasteiger partial charge in [-0.05, 0) is 0 Å². The Morgan fingerprint density at radius 2 is 1.93 bits per heavy atom. The minimum Gasteiger partial charge on any atom is -0.402 e. The van der Waals surface area contributed by atoms with Gasteiger partial charge in [0.1, 0.15) is 0 Å². The Hall–Kier alpha value is -1.66. The number of hydrogen-bond donors (Lipinski definition) is 0. The van der Waals surface area contributed by atoms with Gasteiger partial charge >= 0.3 is 6.36 Å². The molecule has 0 N–H and O–H groups in total. The number of carbonyl (C=O) groups is 1. The fraction of sp³-hybridized carbons (Fsp3) is 0.375. The van der Waals surface area contributed by atoms with Crippen LogP contribution in [0.15, 0.2) is 12.4 Å². The van der Waals surface area contributed by atoms with Gasteiger partial charge < -0.3 is 4.74 Å². The van der Waals surface area contributed by atoms with Crippen molar-refractivity contribution in [1.82, 2.24) is 9.97 Å². The van der Waals surface area contributed by atoms with Gasteiger partial charge in [-0.1, -0.05) is 6.92 Å². The minimum atomic E-state index is -4.78. The maximum atomic E-state index is 11.7. The molecule has 0 aliphatic heterocycles. The third kappa shape index (κ3) is 3.53. The molecule has 1 aromatic heterocycles. The predicted octanol–water partition coefficient (Wildman–Crippen LogP) is 1.97. The van der Waals surface area contributed by atoms with Gasteiger partial charge in [0.2, 0.25) is 0 Å². The summed E-state index contributed by atoms with van der Waals surface area (Å²) in [4.78, 5) is 17.9. The molecule has 0 unspecified atom stereocenters. The van der Waals surface area contributed by atoms with Crippen LogP contribution in [0.4, 0.5) is 13.2 Å². The van der Waals surface area contributed by atoms with Crippen LogP contribution >= 0.6 is 0 Å². The second kappa shape index (κ2) is 4.24. The highest BCUT2D eigenvalue weighted by atomic mass is 19.4. The average molecular weight is 220 g/mol. The molecular formula is C8H7F3N2O2. The van der Waals surface area contributed by atoms with Gasteiger partial charge in [-0.15, -0.1) is 13.2 Å². The molecule has 0 amide bonds. The van der Waals surface area contributed by atoms with E-state index in [1.54, 1.807) is 6.92 Å². The van der Waals surface area contributed by atoms with Crippen LogP contribution in [0.2, 0.25) is 0 Å². The molecule has 7 heteroatoms. The molecule has 0 spiro atoms. The van der Waals surface area contributed by atoms with Gasteiger partial charge in [0.05, 0.1) is 12.4 Å². The Bertz CT molecular complexity index is 348. The Morgan fingerprint density at radius 1 is 1.40 bits per heavy atom. The van der Waals surface area contributed by atoms with E-state index in [1.165, 1.54) is 0 Å². The SMILES string of the molecule is CCC(=O)c1ncc(OC(F)(F)F)cn1. The fourth-order valence-electron chi connectivity index (χ4n) is 0.805. The van der Waals surface area contributed by atoms with Crippen LogP contribution in [0.3, 0.4) is 0 Å². The van der Waals surface area contributed by atoms with Crippen molar-refractivity contribution in [2.24, 2.45) is 0 Å². The number of alkyl halides is 3. The molecule has 0 bridgehead atoms. The van der Waals surface area contributed by atoms with Crippen molar-refractivity contribution in [3.8, 4) is 5.75 Å². The molecule has 0 radical (unpaired) electrons. The molecule has 0 atom stereocenters. The van der Waals surface area contributed by atoms with E-state index < -0.39 is 12.1 Å². The summed E-state index contributed by atoms with van der Waals surface area (Å²) in [6, 6.07) is 0. The first kappa shape index (κ1) is 11.4. The lowest BCUT2D eigenvalue weighted by molar-refractivity contribution is -0.274. The Labute approximate surface area is 83.1 Å². The lowest BCUT2D eigenvalue weighted by atomic mass is 10.3. The van der Waals surface area contributed by atoms with Crippen LogP contribution in [-0.2, 0) is 0 Å². The number of aromatic nitrogens is 2. The number of nitrogens with zero attached hydrogens (tertiary/aromatic N) is 2. The van der Waals surface area contributed by atoms with Crippen LogP contribution in [0, 0.1) is 0 Å². The number of Topliss-reactive ketones (excluding diaryl/α,β-unsaturated/α-hetero) is 1. The van der Waals surface area contributed by atoms with Crippen molar-refractivity contribution in [3.05, 3.63) is 18.2 Å². The van der Waals surface area contributed by atoms with Crippen molar-refractivity contribution >= 4 is 5.78 Å². The van der Waals surface area contributed by atoms with Crippen LogP contribution < -0.4 is 4.74 Å². The summed E-state index contributed by atoms with van der Waals surface area (Å²) < 4.78 is 38.7. The maximum absolute atomic E-state index is 11.7. The fourth-order valence-corrected chi connectivity index (χ4v) is 0.805. The molecule has 1 heterocycles. The Morgan fingerprint density at radius 3 is 2.33 bits per heavy atom. The van der Waals surface area contributed by atoms with Crippen LogP contribution in [0.5, 0.6) is 5.75 Å². The first-order valence-corrected chi connectivity index (χ1v) is 4.03. The molecule has 0 aromatic carbocycles. The monoisotopic (exact) mass is 220 g/mol. The van der Waals surface area contributed by atoms with E-state index in [2.05, 4.69) is 14.7 Å². The summed E-state index contributed by atoms with van der Waals surface area (Å²) in [6.45, 7) is 1.60. The summed E-state index contributed by atoms with van der Waals surface area (Å²) in [5, 5.41) is 0. The highest BCUT2D eigenvalue weighted by Gasteiger charge is 2.31. The van der Waals surface area contributed by atoms with Gasteiger partial charge in [0.25, 0.3) is 0 Å². The maximum Gasteiger partial charge on any atom is 0.573 e. The highest BCUT2D eigenvalue weighted by molar-refractivity contribution is 5.92. The van der Waals surface area contributed by atoms with Gasteiger partial charge in [-0.2, -0.15) is 0 Å². The number of carbonyl (C=O) groups excluding carboxylic acids is 1. The van der Waals surface area contributed by atoms with Crippen LogP contribution in [0.25, 0.3) is 0 Å². The largest absolute Gasteiger partial charge is 0.573 e. The average Bonchev–Trinajstić information content (AvgIpc) is 2.15. The molecule has 4 nitrogen and oxygen atoms in total. The lowest BCUT2D eigenvalue weighted by Crippen LogP contribution is -2.17. The molecule has 0 aliphatic carbocycles. The van der Waals surface area contributed by atoms with E-state index in [1.807, 2.05) is 0 Å². The Kier molecular flexibility index (Phi) is 3.23. The smallest absolute Gasteiger partial charge is 0.402 e. The molecule has 1 aromatic rings. The van der Waals surface area contributed by atoms with E-state index in [0.717, 1.165) is 12.4 Å². The van der Waals surface area contributed by atoms with Gasteiger partial charge in [0, 0.05) is 6.42 Å². The van der Waals surface area contributed by atoms with Crippen LogP contribution in [0.1, 0.15) is 24.0 Å². The molecule has 15 heavy (non-hydrogen) atoms. The molecule has 0 aliphatic rings. The van der Waals surface area contributed by atoms with E-state index in [9.17, 15) is 18.0 Å². The van der Waals surface area contributed by atoms with Crippen molar-refractivity contribution in [3.63, 3.8) is 0 Å². The second-order valence-electron chi connectivity index (χ2n) is 2.57. The standard InChI is InChI=1S/C8H7F3N2O2/c1-2-6(14)7-12-3-5(4-13-7)15-8(9,10)11/h3-4H,2H2,1H3. The summed E-state index contributed by atoms with van der Waals surface area (Å²) in [5.74, 6) is -1.00. The molecule has 1 rings (SSSR count). The molecule has 0 fully saturated rings. The molecule has 0 saturated carbocycles. The third-order valence-corrected chi connectivity index (χ3v) is 1.43. The predicted molar refractivity (Wildman–Crippen MR) is 43.3 cm³/mol. The molecule has 0 saturated heterocycles. The Balaban J connectivity index is 2.77. The molecular weight excluding hydrogens is 213 g/mol. The van der Waals surface area contributed by atoms with E-state index in [0.29, 0.717) is 0 Å². The van der Waals surface area contributed by atoms with Crippen molar-refractivity contribution in [2.75, 3.05) is 0 Å². The van der Waals surface area contributed by atoms with Crippen LogP contribution in [-0.4, -0.2) is 22.1 Å². The molecule has 82 valence electrons.